The van der Waals surface area contributed by atoms with Gasteiger partial charge in [0.25, 0.3) is 0 Å². The van der Waals surface area contributed by atoms with Crippen molar-refractivity contribution >= 4 is 5.97 Å². The van der Waals surface area contributed by atoms with Crippen LogP contribution in [-0.2, 0) is 24.8 Å². The van der Waals surface area contributed by atoms with Gasteiger partial charge < -0.3 is 14.2 Å². The Hall–Kier alpha value is -2.17. The van der Waals surface area contributed by atoms with Gasteiger partial charge in [0, 0.05) is 17.0 Å². The Balaban J connectivity index is 1.77. The topological polar surface area (TPSA) is 44.8 Å². The summed E-state index contributed by atoms with van der Waals surface area (Å²) in [6.07, 6.45) is 0. The standard InChI is InChI=1S/C19H18O4/c20-18-17-13-23-19(15-7-3-1-4-8-15,16-9-5-2-6-10-16)22-12-14(17)11-21-18/h1-10,14,17H,11-13H2/t14-,17+/m1/s1. The Bertz CT molecular complexity index is 644. The lowest BCUT2D eigenvalue weighted by Crippen LogP contribution is -2.34. The summed E-state index contributed by atoms with van der Waals surface area (Å²) in [5, 5.41) is 0. The molecule has 0 radical (unpaired) electrons. The number of ether oxygens (including phenoxy) is 3. The van der Waals surface area contributed by atoms with Gasteiger partial charge in [0.05, 0.1) is 25.7 Å². The Morgan fingerprint density at radius 1 is 0.783 bits per heavy atom. The van der Waals surface area contributed by atoms with Crippen LogP contribution in [0.1, 0.15) is 11.1 Å². The van der Waals surface area contributed by atoms with Gasteiger partial charge in [0.15, 0.2) is 0 Å². The van der Waals surface area contributed by atoms with Gasteiger partial charge in [0.1, 0.15) is 0 Å². The summed E-state index contributed by atoms with van der Waals surface area (Å²) in [7, 11) is 0. The molecule has 0 amide bonds. The molecule has 0 spiro atoms. The normalized spacial score (nSPS) is 26.2. The first kappa shape index (κ1) is 14.4. The zero-order valence-corrected chi connectivity index (χ0v) is 12.7. The minimum Gasteiger partial charge on any atom is -0.465 e. The van der Waals surface area contributed by atoms with Gasteiger partial charge in [-0.25, -0.2) is 0 Å². The van der Waals surface area contributed by atoms with Crippen molar-refractivity contribution in [3.8, 4) is 0 Å². The third-order valence-corrected chi connectivity index (χ3v) is 4.59. The van der Waals surface area contributed by atoms with E-state index >= 15 is 0 Å². The van der Waals surface area contributed by atoms with E-state index in [-0.39, 0.29) is 17.8 Å². The molecule has 0 aromatic heterocycles. The summed E-state index contributed by atoms with van der Waals surface area (Å²) in [4.78, 5) is 11.9. The molecule has 2 aliphatic rings. The monoisotopic (exact) mass is 310 g/mol. The Kier molecular flexibility index (Phi) is 3.63. The Labute approximate surface area is 135 Å². The molecule has 2 aromatic rings. The number of carbonyl (C=O) groups is 1. The fourth-order valence-electron chi connectivity index (χ4n) is 3.26. The Morgan fingerprint density at radius 2 is 1.35 bits per heavy atom. The van der Waals surface area contributed by atoms with E-state index in [2.05, 4.69) is 0 Å². The van der Waals surface area contributed by atoms with Crippen LogP contribution in [0.15, 0.2) is 60.7 Å². The van der Waals surface area contributed by atoms with Crippen LogP contribution in [0.4, 0.5) is 0 Å². The first-order chi connectivity index (χ1) is 11.3. The first-order valence-electron chi connectivity index (χ1n) is 7.85. The molecule has 2 saturated heterocycles. The van der Waals surface area contributed by atoms with Crippen LogP contribution in [0.2, 0.25) is 0 Å². The molecule has 0 saturated carbocycles. The maximum atomic E-state index is 11.9. The van der Waals surface area contributed by atoms with E-state index in [1.807, 2.05) is 60.7 Å². The lowest BCUT2D eigenvalue weighted by molar-refractivity contribution is -0.210. The van der Waals surface area contributed by atoms with Crippen molar-refractivity contribution < 1.29 is 19.0 Å². The minimum absolute atomic E-state index is 0.0526. The quantitative estimate of drug-likeness (QED) is 0.800. The predicted octanol–water partition coefficient (Wildman–Crippen LogP) is 2.72. The van der Waals surface area contributed by atoms with Gasteiger partial charge >= 0.3 is 5.97 Å². The van der Waals surface area contributed by atoms with Gasteiger partial charge in [-0.3, -0.25) is 4.79 Å². The second-order valence-corrected chi connectivity index (χ2v) is 5.97. The summed E-state index contributed by atoms with van der Waals surface area (Å²) in [5.41, 5.74) is 1.86. The van der Waals surface area contributed by atoms with E-state index < -0.39 is 5.79 Å². The fourth-order valence-corrected chi connectivity index (χ4v) is 3.26. The number of rotatable bonds is 2. The van der Waals surface area contributed by atoms with E-state index in [4.69, 9.17) is 14.2 Å². The molecule has 2 aliphatic heterocycles. The number of hydrogen-bond donors (Lipinski definition) is 0. The van der Waals surface area contributed by atoms with Crippen LogP contribution in [0.25, 0.3) is 0 Å². The molecule has 0 aliphatic carbocycles. The third kappa shape index (κ3) is 2.44. The number of esters is 1. The summed E-state index contributed by atoms with van der Waals surface area (Å²) in [6, 6.07) is 19.8. The first-order valence-corrected chi connectivity index (χ1v) is 7.85. The lowest BCUT2D eigenvalue weighted by atomic mass is 9.97. The maximum Gasteiger partial charge on any atom is 0.311 e. The third-order valence-electron chi connectivity index (χ3n) is 4.59. The van der Waals surface area contributed by atoms with Crippen molar-refractivity contribution in [3.05, 3.63) is 71.8 Å². The average molecular weight is 310 g/mol. The van der Waals surface area contributed by atoms with Crippen LogP contribution in [0, 0.1) is 11.8 Å². The molecule has 4 nitrogen and oxygen atoms in total. The maximum absolute atomic E-state index is 11.9. The number of cyclic esters (lactones) is 1. The highest BCUT2D eigenvalue weighted by atomic mass is 16.7. The van der Waals surface area contributed by atoms with E-state index in [9.17, 15) is 4.79 Å². The fraction of sp³-hybridized carbons (Fsp3) is 0.316. The van der Waals surface area contributed by atoms with E-state index in [0.29, 0.717) is 19.8 Å². The second kappa shape index (κ2) is 5.80. The van der Waals surface area contributed by atoms with Gasteiger partial charge in [-0.1, -0.05) is 60.7 Å². The van der Waals surface area contributed by atoms with E-state index in [1.54, 1.807) is 0 Å². The molecule has 4 rings (SSSR count). The predicted molar refractivity (Wildman–Crippen MR) is 83.5 cm³/mol. The van der Waals surface area contributed by atoms with Crippen molar-refractivity contribution in [2.24, 2.45) is 11.8 Å². The molecule has 0 bridgehead atoms. The number of benzene rings is 2. The molecule has 0 unspecified atom stereocenters. The Morgan fingerprint density at radius 3 is 1.96 bits per heavy atom. The van der Waals surface area contributed by atoms with Crippen LogP contribution < -0.4 is 0 Å². The van der Waals surface area contributed by atoms with Crippen molar-refractivity contribution in [2.45, 2.75) is 5.79 Å². The van der Waals surface area contributed by atoms with Gasteiger partial charge in [0.2, 0.25) is 5.79 Å². The van der Waals surface area contributed by atoms with Crippen molar-refractivity contribution in [3.63, 3.8) is 0 Å². The molecule has 118 valence electrons. The largest absolute Gasteiger partial charge is 0.465 e. The molecule has 2 fully saturated rings. The number of hydrogen-bond acceptors (Lipinski definition) is 4. The highest BCUT2D eigenvalue weighted by Gasteiger charge is 2.47. The lowest BCUT2D eigenvalue weighted by Gasteiger charge is -2.33. The summed E-state index contributed by atoms with van der Waals surface area (Å²) in [6.45, 7) is 1.14. The van der Waals surface area contributed by atoms with Crippen molar-refractivity contribution in [1.82, 2.24) is 0 Å². The molecule has 2 aromatic carbocycles. The molecule has 2 heterocycles. The molecular weight excluding hydrogens is 292 g/mol. The van der Waals surface area contributed by atoms with Crippen molar-refractivity contribution in [1.29, 1.82) is 0 Å². The number of carbonyl (C=O) groups excluding carboxylic acids is 1. The summed E-state index contributed by atoms with van der Waals surface area (Å²) in [5.74, 6) is -1.36. The van der Waals surface area contributed by atoms with E-state index in [0.717, 1.165) is 11.1 Å². The zero-order valence-electron chi connectivity index (χ0n) is 12.7. The number of fused-ring (bicyclic) bond motifs is 1. The highest BCUT2D eigenvalue weighted by Crippen LogP contribution is 2.40. The minimum atomic E-state index is -0.979. The van der Waals surface area contributed by atoms with Crippen LogP contribution in [-0.4, -0.2) is 25.8 Å². The second-order valence-electron chi connectivity index (χ2n) is 5.97. The van der Waals surface area contributed by atoms with Crippen molar-refractivity contribution in [2.75, 3.05) is 19.8 Å². The van der Waals surface area contributed by atoms with Gasteiger partial charge in [-0.2, -0.15) is 0 Å². The average Bonchev–Trinajstić information content (AvgIpc) is 2.86. The molecule has 4 heteroatoms. The van der Waals surface area contributed by atoms with Gasteiger partial charge in [-0.15, -0.1) is 0 Å². The van der Waals surface area contributed by atoms with Crippen LogP contribution in [0.3, 0.4) is 0 Å². The van der Waals surface area contributed by atoms with Gasteiger partial charge in [-0.05, 0) is 0 Å². The molecule has 23 heavy (non-hydrogen) atoms. The van der Waals surface area contributed by atoms with Crippen LogP contribution >= 0.6 is 0 Å². The summed E-state index contributed by atoms with van der Waals surface area (Å²) >= 11 is 0. The molecule has 2 atom stereocenters. The zero-order chi connectivity index (χ0) is 15.7. The molecular formula is C19H18O4. The molecule has 0 N–H and O–H groups in total. The highest BCUT2D eigenvalue weighted by molar-refractivity contribution is 5.75. The van der Waals surface area contributed by atoms with E-state index in [1.165, 1.54) is 0 Å². The smallest absolute Gasteiger partial charge is 0.311 e. The SMILES string of the molecule is O=C1OC[C@@H]2COC(c3ccccc3)(c3ccccc3)OC[C@H]12. The van der Waals surface area contributed by atoms with Crippen LogP contribution in [0.5, 0.6) is 0 Å². The summed E-state index contributed by atoms with van der Waals surface area (Å²) < 4.78 is 17.6.